The highest BCUT2D eigenvalue weighted by atomic mass is 35.5. The zero-order valence-corrected chi connectivity index (χ0v) is 16.0. The van der Waals surface area contributed by atoms with Crippen LogP contribution in [0.2, 0.25) is 5.02 Å². The van der Waals surface area contributed by atoms with Crippen LogP contribution in [0.1, 0.15) is 24.0 Å². The molecule has 0 fully saturated rings. The van der Waals surface area contributed by atoms with Gasteiger partial charge in [0.1, 0.15) is 17.4 Å². The Morgan fingerprint density at radius 2 is 1.93 bits per heavy atom. The second-order valence-corrected chi connectivity index (χ2v) is 6.68. The summed E-state index contributed by atoms with van der Waals surface area (Å²) in [6.45, 7) is 2.34. The van der Waals surface area contributed by atoms with E-state index in [2.05, 4.69) is 11.1 Å². The van der Waals surface area contributed by atoms with Crippen molar-refractivity contribution in [3.05, 3.63) is 88.3 Å². The Morgan fingerprint density at radius 3 is 2.71 bits per heavy atom. The molecule has 5 heteroatoms. The lowest BCUT2D eigenvalue weighted by atomic mass is 9.81. The highest BCUT2D eigenvalue weighted by molar-refractivity contribution is 6.31. The van der Waals surface area contributed by atoms with Crippen LogP contribution < -0.4 is 4.74 Å². The Morgan fingerprint density at radius 1 is 1.14 bits per heavy atom. The van der Waals surface area contributed by atoms with Crippen molar-refractivity contribution < 1.29 is 9.47 Å². The smallest absolute Gasteiger partial charge is 0.236 e. The number of benzene rings is 3. The monoisotopic (exact) mass is 388 g/mol. The molecule has 28 heavy (non-hydrogen) atoms. The summed E-state index contributed by atoms with van der Waals surface area (Å²) < 4.78 is 11.2. The van der Waals surface area contributed by atoms with Gasteiger partial charge in [-0.1, -0.05) is 60.1 Å². The molecule has 138 valence electrons. The Bertz CT molecular complexity index is 1140. The zero-order chi connectivity index (χ0) is 19.5. The summed E-state index contributed by atoms with van der Waals surface area (Å²) >= 11 is 6.54. The predicted octanol–water partition coefficient (Wildman–Crippen LogP) is 5.82. The van der Waals surface area contributed by atoms with E-state index >= 15 is 0 Å². The van der Waals surface area contributed by atoms with Crippen molar-refractivity contribution in [2.75, 3.05) is 6.61 Å². The first-order valence-electron chi connectivity index (χ1n) is 8.97. The van der Waals surface area contributed by atoms with E-state index in [1.54, 1.807) is 0 Å². The van der Waals surface area contributed by atoms with E-state index in [1.807, 2.05) is 67.6 Å². The third-order valence-corrected chi connectivity index (χ3v) is 5.04. The van der Waals surface area contributed by atoms with E-state index in [4.69, 9.17) is 21.1 Å². The van der Waals surface area contributed by atoms with Gasteiger partial charge in [-0.25, -0.2) is 0 Å². The molecule has 1 unspecified atom stereocenters. The minimum absolute atomic E-state index is 0.226. The van der Waals surface area contributed by atoms with Crippen molar-refractivity contribution in [2.45, 2.75) is 12.8 Å². The summed E-state index contributed by atoms with van der Waals surface area (Å²) in [5.74, 6) is 0.497. The fourth-order valence-corrected chi connectivity index (χ4v) is 3.72. The first-order chi connectivity index (χ1) is 13.7. The Balaban J connectivity index is 2.02. The number of nitrogens with zero attached hydrogens (tertiary/aromatic N) is 2. The molecule has 4 rings (SSSR count). The lowest BCUT2D eigenvalue weighted by Gasteiger charge is -2.28. The number of hydrogen-bond donors (Lipinski definition) is 0. The maximum Gasteiger partial charge on any atom is 0.236 e. The normalized spacial score (nSPS) is 16.0. The summed E-state index contributed by atoms with van der Waals surface area (Å²) in [7, 11) is 0. The van der Waals surface area contributed by atoms with Gasteiger partial charge in [-0.2, -0.15) is 10.3 Å². The van der Waals surface area contributed by atoms with E-state index in [-0.39, 0.29) is 11.8 Å². The van der Waals surface area contributed by atoms with E-state index < -0.39 is 0 Å². The largest absolute Gasteiger partial charge is 0.483 e. The molecule has 4 nitrogen and oxygen atoms in total. The lowest BCUT2D eigenvalue weighted by Crippen LogP contribution is -2.16. The molecule has 0 aromatic heterocycles. The van der Waals surface area contributed by atoms with Gasteiger partial charge in [0, 0.05) is 10.6 Å². The fourth-order valence-electron chi connectivity index (χ4n) is 3.48. The van der Waals surface area contributed by atoms with Gasteiger partial charge in [0.15, 0.2) is 6.40 Å². The van der Waals surface area contributed by atoms with Crippen molar-refractivity contribution in [3.63, 3.8) is 0 Å². The average molecular weight is 389 g/mol. The minimum Gasteiger partial charge on any atom is -0.483 e. The molecule has 3 aromatic rings. The third-order valence-electron chi connectivity index (χ3n) is 4.69. The number of allylic oxidation sites excluding steroid dienone is 1. The van der Waals surface area contributed by atoms with Crippen molar-refractivity contribution >= 4 is 28.8 Å². The van der Waals surface area contributed by atoms with Gasteiger partial charge >= 0.3 is 0 Å². The summed E-state index contributed by atoms with van der Waals surface area (Å²) in [4.78, 5) is 4.25. The maximum atomic E-state index is 9.99. The molecular weight excluding hydrogens is 372 g/mol. The molecule has 0 radical (unpaired) electrons. The number of aliphatic imine (C=N–C) groups is 1. The Labute approximate surface area is 168 Å². The highest BCUT2D eigenvalue weighted by Crippen LogP contribution is 2.47. The number of fused-ring (bicyclic) bond motifs is 3. The molecule has 3 aromatic carbocycles. The topological polar surface area (TPSA) is 54.6 Å². The molecule has 0 saturated carbocycles. The van der Waals surface area contributed by atoms with E-state index in [0.717, 1.165) is 21.9 Å². The number of halogens is 1. The van der Waals surface area contributed by atoms with Crippen LogP contribution in [0.3, 0.4) is 0 Å². The molecule has 1 aliphatic rings. The molecule has 0 aliphatic carbocycles. The number of ether oxygens (including phenoxy) is 2. The van der Waals surface area contributed by atoms with E-state index in [0.29, 0.717) is 23.0 Å². The molecule has 0 bridgehead atoms. The SMILES string of the molecule is CCOC=NC1=C(C#N)C(c2ccccc2Cl)c2c(ccc3ccccc23)O1. The summed E-state index contributed by atoms with van der Waals surface area (Å²) in [5.41, 5.74) is 2.15. The molecule has 1 atom stereocenters. The Hall–Kier alpha value is -3.29. The van der Waals surface area contributed by atoms with E-state index in [1.165, 1.54) is 6.40 Å². The van der Waals surface area contributed by atoms with Crippen molar-refractivity contribution in [1.29, 1.82) is 5.26 Å². The minimum atomic E-state index is -0.387. The highest BCUT2D eigenvalue weighted by Gasteiger charge is 2.34. The molecule has 1 heterocycles. The van der Waals surface area contributed by atoms with Crippen molar-refractivity contribution in [1.82, 2.24) is 0 Å². The Kier molecular flexibility index (Phi) is 5.01. The zero-order valence-electron chi connectivity index (χ0n) is 15.2. The molecule has 0 N–H and O–H groups in total. The van der Waals surface area contributed by atoms with Crippen LogP contribution in [0.5, 0.6) is 5.75 Å². The third kappa shape index (κ3) is 3.11. The van der Waals surface area contributed by atoms with Crippen LogP contribution in [-0.4, -0.2) is 13.0 Å². The predicted molar refractivity (Wildman–Crippen MR) is 111 cm³/mol. The summed E-state index contributed by atoms with van der Waals surface area (Å²) in [6, 6.07) is 21.8. The van der Waals surface area contributed by atoms with Crippen LogP contribution in [-0.2, 0) is 4.74 Å². The summed E-state index contributed by atoms with van der Waals surface area (Å²) in [6.07, 6.45) is 1.31. The molecule has 0 spiro atoms. The van der Waals surface area contributed by atoms with Gasteiger partial charge < -0.3 is 9.47 Å². The number of rotatable bonds is 4. The van der Waals surface area contributed by atoms with Crippen molar-refractivity contribution in [2.24, 2.45) is 4.99 Å². The van der Waals surface area contributed by atoms with Gasteiger partial charge in [-0.05, 0) is 35.4 Å². The maximum absolute atomic E-state index is 9.99. The average Bonchev–Trinajstić information content (AvgIpc) is 2.73. The second kappa shape index (κ2) is 7.75. The van der Waals surface area contributed by atoms with Crippen LogP contribution in [0.4, 0.5) is 0 Å². The number of nitriles is 1. The first-order valence-corrected chi connectivity index (χ1v) is 9.34. The molecule has 0 amide bonds. The lowest BCUT2D eigenvalue weighted by molar-refractivity contribution is 0.336. The van der Waals surface area contributed by atoms with Gasteiger partial charge in [-0.3, -0.25) is 0 Å². The van der Waals surface area contributed by atoms with Crippen LogP contribution in [0, 0.1) is 11.3 Å². The first kappa shape index (κ1) is 18.1. The van der Waals surface area contributed by atoms with Crippen LogP contribution >= 0.6 is 11.6 Å². The molecule has 0 saturated heterocycles. The van der Waals surface area contributed by atoms with Crippen molar-refractivity contribution in [3.8, 4) is 11.8 Å². The summed E-state index contributed by atoms with van der Waals surface area (Å²) in [5, 5.41) is 12.7. The van der Waals surface area contributed by atoms with Gasteiger partial charge in [0.05, 0.1) is 12.5 Å². The molecule has 1 aliphatic heterocycles. The fraction of sp³-hybridized carbons (Fsp3) is 0.130. The second-order valence-electron chi connectivity index (χ2n) is 6.28. The molecular formula is C23H17ClN2O2. The van der Waals surface area contributed by atoms with Gasteiger partial charge in [-0.15, -0.1) is 0 Å². The van der Waals surface area contributed by atoms with Gasteiger partial charge in [0.25, 0.3) is 0 Å². The quantitative estimate of drug-likeness (QED) is 0.418. The van der Waals surface area contributed by atoms with Gasteiger partial charge in [0.2, 0.25) is 5.88 Å². The standard InChI is InChI=1S/C23H17ClN2O2/c1-2-27-14-26-23-18(13-25)21(17-9-5-6-10-19(17)24)22-16-8-4-3-7-15(16)11-12-20(22)28-23/h3-12,14,21H,2H2,1H3. The van der Waals surface area contributed by atoms with Crippen LogP contribution in [0.25, 0.3) is 10.8 Å². The van der Waals surface area contributed by atoms with E-state index in [9.17, 15) is 5.26 Å². The number of hydrogen-bond acceptors (Lipinski definition) is 4. The van der Waals surface area contributed by atoms with Crippen LogP contribution in [0.15, 0.2) is 77.1 Å².